The molecule has 0 saturated carbocycles. The van der Waals surface area contributed by atoms with E-state index in [1.807, 2.05) is 27.2 Å². The first-order valence-electron chi connectivity index (χ1n) is 25.1. The van der Waals surface area contributed by atoms with Crippen LogP contribution in [-0.4, -0.2) is 68.5 Å². The van der Waals surface area contributed by atoms with Crippen LogP contribution in [0, 0.1) is 0 Å². The van der Waals surface area contributed by atoms with E-state index in [1.54, 1.807) is 6.08 Å². The third-order valence-corrected chi connectivity index (χ3v) is 12.5. The lowest BCUT2D eigenvalue weighted by molar-refractivity contribution is -0.870. The van der Waals surface area contributed by atoms with Crippen molar-refractivity contribution in [3.63, 3.8) is 0 Å². The number of amides is 1. The highest BCUT2D eigenvalue weighted by atomic mass is 31.2. The zero-order chi connectivity index (χ0) is 42.8. The molecule has 0 radical (unpaired) electrons. The molecular weight excluding hydrogens is 744 g/mol. The third-order valence-electron chi connectivity index (χ3n) is 11.5. The molecule has 0 fully saturated rings. The van der Waals surface area contributed by atoms with Crippen LogP contribution < -0.4 is 10.2 Å². The van der Waals surface area contributed by atoms with Gasteiger partial charge in [-0.1, -0.05) is 231 Å². The minimum absolute atomic E-state index is 0.00196. The second-order valence-corrected chi connectivity index (χ2v) is 19.9. The first-order valence-corrected chi connectivity index (χ1v) is 26.5. The minimum atomic E-state index is -4.58. The van der Waals surface area contributed by atoms with Crippen LogP contribution in [0.4, 0.5) is 0 Å². The quantitative estimate of drug-likeness (QED) is 0.0273. The lowest BCUT2D eigenvalue weighted by Crippen LogP contribution is -2.45. The number of allylic oxidation sites excluding steroid dienone is 1. The number of hydrogen-bond donors (Lipinski definition) is 2. The van der Waals surface area contributed by atoms with Crippen LogP contribution >= 0.6 is 7.82 Å². The van der Waals surface area contributed by atoms with Gasteiger partial charge in [0.25, 0.3) is 7.82 Å². The molecule has 0 spiro atoms. The standard InChI is InChI=1S/C49H99N2O6P/c1-6-8-10-12-14-16-17-18-19-20-21-22-23-24-25-26-27-28-29-30-31-32-33-35-36-38-40-42-48(52)47(46-57-58(54,55)56-45-44-51(3,4)5)50-49(53)43-41-39-37-34-15-13-11-9-7-2/h40,42,47-48,52H,6-39,41,43-46H2,1-5H3,(H-,50,53,54,55)/b42-40+. The molecule has 0 aromatic rings. The predicted molar refractivity (Wildman–Crippen MR) is 247 cm³/mol. The second kappa shape index (κ2) is 41.6. The first-order chi connectivity index (χ1) is 28.0. The van der Waals surface area contributed by atoms with E-state index in [-0.39, 0.29) is 19.1 Å². The van der Waals surface area contributed by atoms with E-state index in [4.69, 9.17) is 9.05 Å². The highest BCUT2D eigenvalue weighted by Gasteiger charge is 2.23. The van der Waals surface area contributed by atoms with Gasteiger partial charge in [-0.25, -0.2) is 0 Å². The first kappa shape index (κ1) is 57.2. The van der Waals surface area contributed by atoms with E-state index in [0.717, 1.165) is 38.5 Å². The average Bonchev–Trinajstić information content (AvgIpc) is 3.17. The number of carbonyl (C=O) groups excluding carboxylic acids is 1. The summed E-state index contributed by atoms with van der Waals surface area (Å²) in [6.07, 6.45) is 48.6. The van der Waals surface area contributed by atoms with Crippen molar-refractivity contribution < 1.29 is 32.9 Å². The van der Waals surface area contributed by atoms with Crippen molar-refractivity contribution in [3.8, 4) is 0 Å². The van der Waals surface area contributed by atoms with E-state index < -0.39 is 20.0 Å². The molecule has 3 unspecified atom stereocenters. The van der Waals surface area contributed by atoms with Crippen molar-refractivity contribution in [3.05, 3.63) is 12.2 Å². The van der Waals surface area contributed by atoms with Gasteiger partial charge >= 0.3 is 0 Å². The molecule has 1 amide bonds. The number of rotatable bonds is 46. The zero-order valence-corrected chi connectivity index (χ0v) is 40.2. The van der Waals surface area contributed by atoms with E-state index in [1.165, 1.54) is 186 Å². The van der Waals surface area contributed by atoms with Crippen LogP contribution in [0.2, 0.25) is 0 Å². The summed E-state index contributed by atoms with van der Waals surface area (Å²) >= 11 is 0. The molecule has 2 N–H and O–H groups in total. The van der Waals surface area contributed by atoms with Crippen molar-refractivity contribution in [1.29, 1.82) is 0 Å². The SMILES string of the molecule is CCCCCCCCCCCCCCCCCCCCCCCCCCC/C=C/C(O)C(COP(=O)([O-])OCC[N+](C)(C)C)NC(=O)CCCCCCCCCCC. The summed E-state index contributed by atoms with van der Waals surface area (Å²) in [6.45, 7) is 4.64. The Hall–Kier alpha value is -0.760. The number of carbonyl (C=O) groups is 1. The Bertz CT molecular complexity index is 958. The molecule has 0 aliphatic carbocycles. The number of aliphatic hydroxyl groups excluding tert-OH is 1. The summed E-state index contributed by atoms with van der Waals surface area (Å²) in [5.41, 5.74) is 0. The van der Waals surface area contributed by atoms with Crippen molar-refractivity contribution in [2.24, 2.45) is 0 Å². The maximum absolute atomic E-state index is 12.8. The molecule has 0 aromatic heterocycles. The molecule has 8 nitrogen and oxygen atoms in total. The Labute approximate surface area is 361 Å². The summed E-state index contributed by atoms with van der Waals surface area (Å²) in [4.78, 5) is 25.2. The van der Waals surface area contributed by atoms with Crippen LogP contribution in [0.15, 0.2) is 12.2 Å². The minimum Gasteiger partial charge on any atom is -0.756 e. The summed E-state index contributed by atoms with van der Waals surface area (Å²) in [6, 6.07) is -0.879. The normalized spacial score (nSPS) is 14.3. The molecular formula is C49H99N2O6P. The molecule has 0 bridgehead atoms. The fraction of sp³-hybridized carbons (Fsp3) is 0.939. The molecule has 346 valence electrons. The van der Waals surface area contributed by atoms with Crippen LogP contribution in [0.25, 0.3) is 0 Å². The van der Waals surface area contributed by atoms with Crippen LogP contribution in [-0.2, 0) is 18.4 Å². The van der Waals surface area contributed by atoms with E-state index in [9.17, 15) is 19.4 Å². The summed E-state index contributed by atoms with van der Waals surface area (Å²) in [5.74, 6) is -0.198. The maximum Gasteiger partial charge on any atom is 0.268 e. The Morgan fingerprint density at radius 1 is 0.586 bits per heavy atom. The Balaban J connectivity index is 4.09. The third kappa shape index (κ3) is 43.3. The fourth-order valence-electron chi connectivity index (χ4n) is 7.51. The number of quaternary nitrogens is 1. The smallest absolute Gasteiger partial charge is 0.268 e. The Kier molecular flexibility index (Phi) is 41.0. The molecule has 3 atom stereocenters. The summed E-state index contributed by atoms with van der Waals surface area (Å²) in [5, 5.41) is 13.8. The number of nitrogens with zero attached hydrogens (tertiary/aromatic N) is 1. The van der Waals surface area contributed by atoms with Gasteiger partial charge in [0.2, 0.25) is 5.91 Å². The topological polar surface area (TPSA) is 108 Å². The lowest BCUT2D eigenvalue weighted by atomic mass is 10.0. The molecule has 0 aliphatic heterocycles. The maximum atomic E-state index is 12.8. The van der Waals surface area contributed by atoms with Gasteiger partial charge in [-0.3, -0.25) is 9.36 Å². The van der Waals surface area contributed by atoms with Crippen molar-refractivity contribution >= 4 is 13.7 Å². The molecule has 0 saturated heterocycles. The number of unbranched alkanes of at least 4 members (excludes halogenated alkanes) is 33. The largest absolute Gasteiger partial charge is 0.756 e. The van der Waals surface area contributed by atoms with E-state index in [0.29, 0.717) is 17.4 Å². The number of nitrogens with one attached hydrogen (secondary N) is 1. The summed E-state index contributed by atoms with van der Waals surface area (Å²) in [7, 11) is 1.27. The van der Waals surface area contributed by atoms with E-state index in [2.05, 4.69) is 19.2 Å². The predicted octanol–water partition coefficient (Wildman–Crippen LogP) is 13.7. The number of phosphoric ester groups is 1. The number of likely N-dealkylation sites (N-methyl/N-ethyl adjacent to an activating group) is 1. The van der Waals surface area contributed by atoms with Crippen molar-refractivity contribution in [1.82, 2.24) is 5.32 Å². The van der Waals surface area contributed by atoms with Gasteiger partial charge in [-0.15, -0.1) is 0 Å². The van der Waals surface area contributed by atoms with Gasteiger partial charge in [0, 0.05) is 6.42 Å². The summed E-state index contributed by atoms with van der Waals surface area (Å²) < 4.78 is 23.2. The van der Waals surface area contributed by atoms with E-state index >= 15 is 0 Å². The molecule has 0 aliphatic rings. The van der Waals surface area contributed by atoms with Gasteiger partial charge in [0.05, 0.1) is 39.9 Å². The Morgan fingerprint density at radius 3 is 1.29 bits per heavy atom. The van der Waals surface area contributed by atoms with Crippen LogP contribution in [0.5, 0.6) is 0 Å². The lowest BCUT2D eigenvalue weighted by Gasteiger charge is -2.29. The average molecular weight is 843 g/mol. The number of hydrogen-bond acceptors (Lipinski definition) is 6. The Morgan fingerprint density at radius 2 is 0.931 bits per heavy atom. The van der Waals surface area contributed by atoms with Gasteiger partial charge < -0.3 is 28.8 Å². The van der Waals surface area contributed by atoms with Crippen molar-refractivity contribution in [2.45, 2.75) is 257 Å². The van der Waals surface area contributed by atoms with Gasteiger partial charge in [0.15, 0.2) is 0 Å². The monoisotopic (exact) mass is 843 g/mol. The van der Waals surface area contributed by atoms with Gasteiger partial charge in [0.1, 0.15) is 13.2 Å². The molecule has 0 heterocycles. The van der Waals surface area contributed by atoms with Gasteiger partial charge in [-0.05, 0) is 19.3 Å². The molecule has 0 rings (SSSR count). The number of aliphatic hydroxyl groups is 1. The fourth-order valence-corrected chi connectivity index (χ4v) is 8.23. The van der Waals surface area contributed by atoms with Gasteiger partial charge in [-0.2, -0.15) is 0 Å². The molecule has 0 aromatic carbocycles. The van der Waals surface area contributed by atoms with Crippen LogP contribution in [0.1, 0.15) is 245 Å². The molecule has 58 heavy (non-hydrogen) atoms. The van der Waals surface area contributed by atoms with Crippen molar-refractivity contribution in [2.75, 3.05) is 40.9 Å². The highest BCUT2D eigenvalue weighted by Crippen LogP contribution is 2.38. The number of phosphoric acid groups is 1. The second-order valence-electron chi connectivity index (χ2n) is 18.5. The molecule has 9 heteroatoms. The highest BCUT2D eigenvalue weighted by molar-refractivity contribution is 7.45. The van der Waals surface area contributed by atoms with Crippen LogP contribution in [0.3, 0.4) is 0 Å². The zero-order valence-electron chi connectivity index (χ0n) is 39.3.